The highest BCUT2D eigenvalue weighted by Gasteiger charge is 2.32. The van der Waals surface area contributed by atoms with Crippen molar-refractivity contribution in [2.75, 3.05) is 6.61 Å². The smallest absolute Gasteiger partial charge is 0.355 e. The molecule has 0 saturated carbocycles. The molecule has 25 heavy (non-hydrogen) atoms. The fourth-order valence-corrected chi connectivity index (χ4v) is 2.07. The number of esters is 2. The average Bonchev–Trinajstić information content (AvgIpc) is 2.57. The fraction of sp³-hybridized carbons (Fsp3) is 0.263. The Hall–Kier alpha value is -2.53. The van der Waals surface area contributed by atoms with E-state index < -0.39 is 17.5 Å². The predicted molar refractivity (Wildman–Crippen MR) is 94.2 cm³/mol. The second-order valence-corrected chi connectivity index (χ2v) is 6.14. The number of benzene rings is 2. The summed E-state index contributed by atoms with van der Waals surface area (Å²) >= 11 is 5.83. The summed E-state index contributed by atoms with van der Waals surface area (Å²) in [6, 6.07) is 12.8. The van der Waals surface area contributed by atoms with Crippen molar-refractivity contribution in [3.05, 3.63) is 59.1 Å². The zero-order valence-corrected chi connectivity index (χ0v) is 15.0. The summed E-state index contributed by atoms with van der Waals surface area (Å²) in [5.74, 6) is -0.173. The summed E-state index contributed by atoms with van der Waals surface area (Å²) < 4.78 is 15.9. The minimum atomic E-state index is -1.20. The molecule has 0 fully saturated rings. The molecule has 0 aromatic heterocycles. The average molecular weight is 363 g/mol. The van der Waals surface area contributed by atoms with Crippen LogP contribution in [0.25, 0.3) is 0 Å². The van der Waals surface area contributed by atoms with E-state index in [1.54, 1.807) is 45.0 Å². The molecule has 0 amide bonds. The van der Waals surface area contributed by atoms with Crippen LogP contribution in [-0.4, -0.2) is 24.1 Å². The summed E-state index contributed by atoms with van der Waals surface area (Å²) in [7, 11) is 0. The standard InChI is InChI=1S/C19H19ClO5/c1-4-23-17(21)13-5-9-15(10-6-13)24-18(22)19(2,3)25-16-11-7-14(20)8-12-16/h5-12H,4H2,1-3H3. The number of rotatable bonds is 6. The Morgan fingerprint density at radius 1 is 0.960 bits per heavy atom. The Kier molecular flexibility index (Phi) is 6.04. The largest absolute Gasteiger partial charge is 0.476 e. The van der Waals surface area contributed by atoms with Crippen LogP contribution in [0.1, 0.15) is 31.1 Å². The molecule has 0 radical (unpaired) electrons. The van der Waals surface area contributed by atoms with Gasteiger partial charge >= 0.3 is 11.9 Å². The van der Waals surface area contributed by atoms with Gasteiger partial charge in [0.05, 0.1) is 12.2 Å². The van der Waals surface area contributed by atoms with Crippen LogP contribution in [0.15, 0.2) is 48.5 Å². The van der Waals surface area contributed by atoms with Crippen LogP contribution in [0.4, 0.5) is 0 Å². The summed E-state index contributed by atoms with van der Waals surface area (Å²) in [5, 5.41) is 0.578. The van der Waals surface area contributed by atoms with Gasteiger partial charge in [-0.15, -0.1) is 0 Å². The van der Waals surface area contributed by atoms with Gasteiger partial charge < -0.3 is 14.2 Å². The first-order chi connectivity index (χ1) is 11.8. The van der Waals surface area contributed by atoms with Crippen molar-refractivity contribution in [2.24, 2.45) is 0 Å². The van der Waals surface area contributed by atoms with Gasteiger partial charge in [0.1, 0.15) is 11.5 Å². The zero-order chi connectivity index (χ0) is 18.4. The van der Waals surface area contributed by atoms with Crippen molar-refractivity contribution < 1.29 is 23.8 Å². The molecule has 0 atom stereocenters. The molecule has 0 N–H and O–H groups in total. The lowest BCUT2D eigenvalue weighted by Gasteiger charge is -2.24. The Bertz CT molecular complexity index is 735. The quantitative estimate of drug-likeness (QED) is 0.567. The van der Waals surface area contributed by atoms with Gasteiger partial charge in [-0.1, -0.05) is 11.6 Å². The molecular weight excluding hydrogens is 344 g/mol. The summed E-state index contributed by atoms with van der Waals surface area (Å²) in [6.45, 7) is 5.25. The Morgan fingerprint density at radius 2 is 1.52 bits per heavy atom. The molecule has 2 aromatic rings. The third kappa shape index (κ3) is 5.22. The lowest BCUT2D eigenvalue weighted by Crippen LogP contribution is -2.41. The Balaban J connectivity index is 2.02. The van der Waals surface area contributed by atoms with Crippen molar-refractivity contribution in [1.82, 2.24) is 0 Å². The van der Waals surface area contributed by atoms with Crippen LogP contribution in [0.2, 0.25) is 5.02 Å². The second-order valence-electron chi connectivity index (χ2n) is 5.70. The van der Waals surface area contributed by atoms with Gasteiger partial charge in [0.25, 0.3) is 0 Å². The lowest BCUT2D eigenvalue weighted by molar-refractivity contribution is -0.149. The molecule has 6 heteroatoms. The molecule has 0 bridgehead atoms. The predicted octanol–water partition coefficient (Wildman–Crippen LogP) is 4.28. The second kappa shape index (κ2) is 8.03. The minimum Gasteiger partial charge on any atom is -0.476 e. The van der Waals surface area contributed by atoms with Crippen molar-refractivity contribution in [3.63, 3.8) is 0 Å². The lowest BCUT2D eigenvalue weighted by atomic mass is 10.1. The van der Waals surface area contributed by atoms with E-state index in [4.69, 9.17) is 25.8 Å². The molecular formula is C19H19ClO5. The molecule has 132 valence electrons. The highest BCUT2D eigenvalue weighted by Crippen LogP contribution is 2.23. The number of carbonyl (C=O) groups is 2. The van der Waals surface area contributed by atoms with Crippen molar-refractivity contribution in [3.8, 4) is 11.5 Å². The van der Waals surface area contributed by atoms with Crippen LogP contribution < -0.4 is 9.47 Å². The van der Waals surface area contributed by atoms with Crippen molar-refractivity contribution >= 4 is 23.5 Å². The normalized spacial score (nSPS) is 10.9. The molecule has 5 nitrogen and oxygen atoms in total. The molecule has 0 unspecified atom stereocenters. The van der Waals surface area contributed by atoms with Gasteiger partial charge in [-0.3, -0.25) is 0 Å². The van der Waals surface area contributed by atoms with E-state index in [0.717, 1.165) is 0 Å². The van der Waals surface area contributed by atoms with Gasteiger partial charge in [0, 0.05) is 5.02 Å². The van der Waals surface area contributed by atoms with E-state index in [2.05, 4.69) is 0 Å². The van der Waals surface area contributed by atoms with Crippen molar-refractivity contribution in [2.45, 2.75) is 26.4 Å². The van der Waals surface area contributed by atoms with E-state index in [1.165, 1.54) is 24.3 Å². The maximum atomic E-state index is 12.4. The van der Waals surface area contributed by atoms with E-state index >= 15 is 0 Å². The summed E-state index contributed by atoms with van der Waals surface area (Å²) in [4.78, 5) is 24.0. The topological polar surface area (TPSA) is 61.8 Å². The number of hydrogen-bond donors (Lipinski definition) is 0. The van der Waals surface area contributed by atoms with Crippen LogP contribution in [-0.2, 0) is 9.53 Å². The molecule has 0 aliphatic carbocycles. The molecule has 2 aromatic carbocycles. The minimum absolute atomic E-state index is 0.297. The van der Waals surface area contributed by atoms with E-state index in [0.29, 0.717) is 28.7 Å². The first-order valence-corrected chi connectivity index (χ1v) is 8.13. The maximum absolute atomic E-state index is 12.4. The molecule has 0 aliphatic rings. The van der Waals surface area contributed by atoms with E-state index in [1.807, 2.05) is 0 Å². The number of hydrogen-bond acceptors (Lipinski definition) is 5. The van der Waals surface area contributed by atoms with Crippen LogP contribution in [0.5, 0.6) is 11.5 Å². The highest BCUT2D eigenvalue weighted by molar-refractivity contribution is 6.30. The molecule has 0 saturated heterocycles. The number of carbonyl (C=O) groups excluding carboxylic acids is 2. The maximum Gasteiger partial charge on any atom is 0.355 e. The van der Waals surface area contributed by atoms with Crippen molar-refractivity contribution in [1.29, 1.82) is 0 Å². The highest BCUT2D eigenvalue weighted by atomic mass is 35.5. The Morgan fingerprint density at radius 3 is 2.08 bits per heavy atom. The summed E-state index contributed by atoms with van der Waals surface area (Å²) in [6.07, 6.45) is 0. The van der Waals surface area contributed by atoms with Gasteiger partial charge in [-0.25, -0.2) is 9.59 Å². The monoisotopic (exact) mass is 362 g/mol. The Labute approximate surface area is 151 Å². The van der Waals surface area contributed by atoms with Crippen LogP contribution >= 0.6 is 11.6 Å². The third-order valence-electron chi connectivity index (χ3n) is 3.25. The molecule has 0 spiro atoms. The fourth-order valence-electron chi connectivity index (χ4n) is 1.94. The molecule has 0 heterocycles. The van der Waals surface area contributed by atoms with E-state index in [9.17, 15) is 9.59 Å². The molecule has 2 rings (SSSR count). The number of halogens is 1. The van der Waals surface area contributed by atoms with Gasteiger partial charge in [0.2, 0.25) is 5.60 Å². The molecule has 0 aliphatic heterocycles. The van der Waals surface area contributed by atoms with Gasteiger partial charge in [-0.05, 0) is 69.3 Å². The number of ether oxygens (including phenoxy) is 3. The third-order valence-corrected chi connectivity index (χ3v) is 3.51. The first-order valence-electron chi connectivity index (χ1n) is 7.76. The zero-order valence-electron chi connectivity index (χ0n) is 14.2. The summed E-state index contributed by atoms with van der Waals surface area (Å²) in [5.41, 5.74) is -0.813. The van der Waals surface area contributed by atoms with Crippen LogP contribution in [0.3, 0.4) is 0 Å². The van der Waals surface area contributed by atoms with Gasteiger partial charge in [0.15, 0.2) is 0 Å². The SMILES string of the molecule is CCOC(=O)c1ccc(OC(=O)C(C)(C)Oc2ccc(Cl)cc2)cc1. The van der Waals surface area contributed by atoms with Crippen LogP contribution in [0, 0.1) is 0 Å². The van der Waals surface area contributed by atoms with Gasteiger partial charge in [-0.2, -0.15) is 0 Å². The van der Waals surface area contributed by atoms with E-state index in [-0.39, 0.29) is 0 Å². The first kappa shape index (κ1) is 18.8.